The molecule has 1 amide bonds. The molecule has 2 N–H and O–H groups in total. The topological polar surface area (TPSA) is 71.8 Å². The number of rotatable bonds is 4. The van der Waals surface area contributed by atoms with Crippen LogP contribution in [0.3, 0.4) is 0 Å². The maximum absolute atomic E-state index is 13.6. The van der Waals surface area contributed by atoms with Crippen molar-refractivity contribution in [3.05, 3.63) is 95.3 Å². The van der Waals surface area contributed by atoms with E-state index >= 15 is 0 Å². The molecule has 6 nitrogen and oxygen atoms in total. The zero-order valence-electron chi connectivity index (χ0n) is 16.6. The smallest absolute Gasteiger partial charge is 0.240 e. The Kier molecular flexibility index (Phi) is 5.55. The Labute approximate surface area is 192 Å². The van der Waals surface area contributed by atoms with Gasteiger partial charge in [-0.1, -0.05) is 65.8 Å². The van der Waals surface area contributed by atoms with Crippen LogP contribution in [-0.4, -0.2) is 26.0 Å². The molecular formula is C23H17ClFN5OS. The number of hydrogen-bond acceptors (Lipinski definition) is 5. The second kappa shape index (κ2) is 8.64. The summed E-state index contributed by atoms with van der Waals surface area (Å²) in [5.41, 5.74) is 5.67. The minimum atomic E-state index is -0.573. The third-order valence-electron chi connectivity index (χ3n) is 5.07. The molecule has 0 spiro atoms. The van der Waals surface area contributed by atoms with Gasteiger partial charge in [0.05, 0.1) is 6.04 Å². The molecule has 1 aliphatic rings. The van der Waals surface area contributed by atoms with Gasteiger partial charge in [0.1, 0.15) is 11.1 Å². The molecule has 2 heterocycles. The molecule has 0 unspecified atom stereocenters. The van der Waals surface area contributed by atoms with Crippen LogP contribution in [0.25, 0.3) is 11.4 Å². The van der Waals surface area contributed by atoms with Crippen LogP contribution in [0, 0.1) is 5.82 Å². The van der Waals surface area contributed by atoms with Crippen molar-refractivity contribution >= 4 is 35.0 Å². The summed E-state index contributed by atoms with van der Waals surface area (Å²) in [6.45, 7) is 0. The largest absolute Gasteiger partial charge is 0.325 e. The quantitative estimate of drug-likeness (QED) is 0.437. The molecule has 5 rings (SSSR count). The van der Waals surface area contributed by atoms with E-state index in [1.54, 1.807) is 41.1 Å². The number of halogens is 2. The van der Waals surface area contributed by atoms with Gasteiger partial charge < -0.3 is 10.7 Å². The lowest BCUT2D eigenvalue weighted by molar-refractivity contribution is -0.116. The highest BCUT2D eigenvalue weighted by atomic mass is 35.5. The van der Waals surface area contributed by atoms with Crippen molar-refractivity contribution in [3.8, 4) is 11.4 Å². The van der Waals surface area contributed by atoms with Crippen LogP contribution < -0.4 is 10.7 Å². The van der Waals surface area contributed by atoms with E-state index in [9.17, 15) is 9.18 Å². The van der Waals surface area contributed by atoms with E-state index in [1.807, 2.05) is 30.3 Å². The molecule has 1 aromatic heterocycles. The highest BCUT2D eigenvalue weighted by molar-refractivity contribution is 8.00. The summed E-state index contributed by atoms with van der Waals surface area (Å²) in [7, 11) is 0. The molecule has 1 aliphatic heterocycles. The summed E-state index contributed by atoms with van der Waals surface area (Å²) in [6.07, 6.45) is 0. The lowest BCUT2D eigenvalue weighted by Gasteiger charge is -2.33. The van der Waals surface area contributed by atoms with Crippen molar-refractivity contribution in [2.45, 2.75) is 16.4 Å². The Balaban J connectivity index is 1.50. The average molecular weight is 466 g/mol. The lowest BCUT2D eigenvalue weighted by atomic mass is 10.0. The van der Waals surface area contributed by atoms with Crippen LogP contribution in [0.2, 0.25) is 5.02 Å². The van der Waals surface area contributed by atoms with Crippen molar-refractivity contribution < 1.29 is 9.18 Å². The van der Waals surface area contributed by atoms with E-state index < -0.39 is 11.3 Å². The highest BCUT2D eigenvalue weighted by Gasteiger charge is 2.38. The van der Waals surface area contributed by atoms with Gasteiger partial charge in [-0.3, -0.25) is 4.79 Å². The summed E-state index contributed by atoms with van der Waals surface area (Å²) in [6, 6.07) is 22.2. The molecule has 0 radical (unpaired) electrons. The van der Waals surface area contributed by atoms with Gasteiger partial charge in [-0.15, -0.1) is 10.2 Å². The standard InChI is InChI=1S/C23H17ClFN5OS/c24-16-8-12-18(13-9-16)26-22(31)20-19(14-6-10-17(25)11-7-14)29-30-21(27-28-23(30)32-20)15-4-2-1-3-5-15/h1-13,19-20,29H,(H,26,31)/t19-,20+/m0/s1. The molecule has 0 aliphatic carbocycles. The molecule has 9 heteroatoms. The summed E-state index contributed by atoms with van der Waals surface area (Å²) in [5, 5.41) is 12.1. The Morgan fingerprint density at radius 2 is 1.72 bits per heavy atom. The van der Waals surface area contributed by atoms with Gasteiger partial charge >= 0.3 is 0 Å². The number of thioether (sulfide) groups is 1. The first-order chi connectivity index (χ1) is 15.6. The summed E-state index contributed by atoms with van der Waals surface area (Å²) < 4.78 is 15.3. The molecule has 160 valence electrons. The van der Waals surface area contributed by atoms with Gasteiger partial charge in [-0.05, 0) is 42.0 Å². The first-order valence-corrected chi connectivity index (χ1v) is 11.1. The summed E-state index contributed by atoms with van der Waals surface area (Å²) in [5.74, 6) is 0.0840. The Morgan fingerprint density at radius 3 is 2.44 bits per heavy atom. The number of benzene rings is 3. The SMILES string of the molecule is O=C(Nc1ccc(Cl)cc1)[C@@H]1Sc2nnc(-c3ccccc3)n2N[C@H]1c1ccc(F)cc1. The van der Waals surface area contributed by atoms with Crippen LogP contribution in [0.1, 0.15) is 11.6 Å². The number of nitrogens with one attached hydrogen (secondary N) is 2. The van der Waals surface area contributed by atoms with Crippen LogP contribution >= 0.6 is 23.4 Å². The molecule has 2 atom stereocenters. The van der Waals surface area contributed by atoms with E-state index in [2.05, 4.69) is 20.9 Å². The van der Waals surface area contributed by atoms with E-state index in [-0.39, 0.29) is 11.7 Å². The lowest BCUT2D eigenvalue weighted by Crippen LogP contribution is -2.41. The second-order valence-corrected chi connectivity index (χ2v) is 8.75. The van der Waals surface area contributed by atoms with E-state index in [0.29, 0.717) is 21.7 Å². The second-order valence-electron chi connectivity index (χ2n) is 7.20. The number of carbonyl (C=O) groups excluding carboxylic acids is 1. The van der Waals surface area contributed by atoms with Crippen LogP contribution in [0.15, 0.2) is 84.0 Å². The summed E-state index contributed by atoms with van der Waals surface area (Å²) >= 11 is 7.25. The van der Waals surface area contributed by atoms with Crippen LogP contribution in [0.5, 0.6) is 0 Å². The van der Waals surface area contributed by atoms with Crippen molar-refractivity contribution in [2.24, 2.45) is 0 Å². The fourth-order valence-electron chi connectivity index (χ4n) is 3.50. The summed E-state index contributed by atoms with van der Waals surface area (Å²) in [4.78, 5) is 13.3. The Hall–Kier alpha value is -3.36. The molecule has 32 heavy (non-hydrogen) atoms. The predicted molar refractivity (Wildman–Crippen MR) is 124 cm³/mol. The first-order valence-electron chi connectivity index (χ1n) is 9.84. The number of aromatic nitrogens is 3. The van der Waals surface area contributed by atoms with Gasteiger partial charge in [0.15, 0.2) is 5.82 Å². The molecule has 0 bridgehead atoms. The normalized spacial score (nSPS) is 17.3. The van der Waals surface area contributed by atoms with Gasteiger partial charge in [-0.25, -0.2) is 9.07 Å². The minimum Gasteiger partial charge on any atom is -0.325 e. The van der Waals surface area contributed by atoms with Crippen molar-refractivity contribution in [1.29, 1.82) is 0 Å². The average Bonchev–Trinajstić information content (AvgIpc) is 3.24. The number of fused-ring (bicyclic) bond motifs is 1. The van der Waals surface area contributed by atoms with Crippen molar-refractivity contribution in [3.63, 3.8) is 0 Å². The highest BCUT2D eigenvalue weighted by Crippen LogP contribution is 2.39. The zero-order valence-corrected chi connectivity index (χ0v) is 18.1. The fraction of sp³-hybridized carbons (Fsp3) is 0.0870. The molecule has 0 saturated heterocycles. The minimum absolute atomic E-state index is 0.213. The maximum atomic E-state index is 13.6. The predicted octanol–water partition coefficient (Wildman–Crippen LogP) is 5.14. The molecule has 3 aromatic carbocycles. The molecule has 4 aromatic rings. The third kappa shape index (κ3) is 4.06. The van der Waals surface area contributed by atoms with Gasteiger partial charge in [0.25, 0.3) is 0 Å². The van der Waals surface area contributed by atoms with Crippen LogP contribution in [-0.2, 0) is 4.79 Å². The Bertz CT molecular complexity index is 1250. The third-order valence-corrected chi connectivity index (χ3v) is 6.54. The van der Waals surface area contributed by atoms with E-state index in [1.165, 1.54) is 23.9 Å². The van der Waals surface area contributed by atoms with Crippen molar-refractivity contribution in [1.82, 2.24) is 14.9 Å². The number of hydrogen-bond donors (Lipinski definition) is 2. The van der Waals surface area contributed by atoms with Gasteiger partial charge in [0.2, 0.25) is 11.1 Å². The van der Waals surface area contributed by atoms with E-state index in [0.717, 1.165) is 11.1 Å². The number of amides is 1. The first kappa shape index (κ1) is 20.5. The molecule has 0 fully saturated rings. The van der Waals surface area contributed by atoms with Crippen molar-refractivity contribution in [2.75, 3.05) is 10.7 Å². The number of nitrogens with zero attached hydrogens (tertiary/aromatic N) is 3. The number of anilines is 1. The van der Waals surface area contributed by atoms with E-state index in [4.69, 9.17) is 11.6 Å². The van der Waals surface area contributed by atoms with Crippen LogP contribution in [0.4, 0.5) is 10.1 Å². The Morgan fingerprint density at radius 1 is 1.00 bits per heavy atom. The fourth-order valence-corrected chi connectivity index (χ4v) is 4.70. The maximum Gasteiger partial charge on any atom is 0.240 e. The van der Waals surface area contributed by atoms with Gasteiger partial charge in [-0.2, -0.15) is 0 Å². The zero-order chi connectivity index (χ0) is 22.1. The van der Waals surface area contributed by atoms with Gasteiger partial charge in [0, 0.05) is 16.3 Å². The molecular weight excluding hydrogens is 449 g/mol. The number of carbonyl (C=O) groups is 1. The monoisotopic (exact) mass is 465 g/mol. The molecule has 0 saturated carbocycles.